The monoisotopic (exact) mass is 599 g/mol. The predicted octanol–water partition coefficient (Wildman–Crippen LogP) is 3.30. The van der Waals surface area contributed by atoms with Crippen molar-refractivity contribution in [2.75, 3.05) is 52.2 Å². The van der Waals surface area contributed by atoms with Gasteiger partial charge in [0.1, 0.15) is 11.7 Å². The van der Waals surface area contributed by atoms with Crippen molar-refractivity contribution in [3.63, 3.8) is 0 Å². The van der Waals surface area contributed by atoms with Gasteiger partial charge in [0.25, 0.3) is 0 Å². The summed E-state index contributed by atoms with van der Waals surface area (Å²) in [5.41, 5.74) is 0.234. The molecule has 1 aromatic heterocycles. The predicted molar refractivity (Wildman–Crippen MR) is 166 cm³/mol. The second-order valence-corrected chi connectivity index (χ2v) is 12.3. The molecule has 43 heavy (non-hydrogen) atoms. The Morgan fingerprint density at radius 1 is 1.26 bits per heavy atom. The maximum absolute atomic E-state index is 13.0. The number of carbonyl (C=O) groups is 2. The van der Waals surface area contributed by atoms with Crippen LogP contribution in [0.5, 0.6) is 0 Å². The van der Waals surface area contributed by atoms with Gasteiger partial charge in [-0.25, -0.2) is 14.8 Å². The largest absolute Gasteiger partial charge is 0.457 e. The van der Waals surface area contributed by atoms with Gasteiger partial charge >= 0.3 is 12.1 Å². The van der Waals surface area contributed by atoms with E-state index in [4.69, 9.17) is 9.47 Å². The van der Waals surface area contributed by atoms with Gasteiger partial charge in [0.15, 0.2) is 6.10 Å². The van der Waals surface area contributed by atoms with Crippen molar-refractivity contribution in [3.8, 4) is 0 Å². The Labute approximate surface area is 255 Å². The number of nitrogens with zero attached hydrogens (tertiary/aromatic N) is 5. The fourth-order valence-electron chi connectivity index (χ4n) is 5.02. The minimum absolute atomic E-state index is 0.0232. The molecule has 2 aliphatic rings. The van der Waals surface area contributed by atoms with Crippen LogP contribution in [0.15, 0.2) is 48.2 Å². The molecule has 0 spiro atoms. The first-order valence-corrected chi connectivity index (χ1v) is 15.0. The molecule has 0 radical (unpaired) electrons. The minimum atomic E-state index is -1.45. The number of aromatic nitrogens is 2. The quantitative estimate of drug-likeness (QED) is 0.286. The number of hydrogen-bond donors (Lipinski definition) is 2. The third-order valence-electron chi connectivity index (χ3n) is 8.05. The van der Waals surface area contributed by atoms with Gasteiger partial charge < -0.3 is 34.4 Å². The highest BCUT2D eigenvalue weighted by Crippen LogP contribution is 2.27. The summed E-state index contributed by atoms with van der Waals surface area (Å²) >= 11 is 0. The van der Waals surface area contributed by atoms with Crippen molar-refractivity contribution >= 4 is 18.0 Å². The molecule has 1 unspecified atom stereocenters. The van der Waals surface area contributed by atoms with E-state index in [2.05, 4.69) is 14.9 Å². The number of piperazine rings is 1. The van der Waals surface area contributed by atoms with Crippen LogP contribution in [0.4, 0.5) is 10.7 Å². The van der Waals surface area contributed by atoms with Crippen LogP contribution >= 0.6 is 0 Å². The molecule has 0 saturated carbocycles. The lowest BCUT2D eigenvalue weighted by molar-refractivity contribution is -0.151. The highest BCUT2D eigenvalue weighted by molar-refractivity contribution is 5.70. The number of ether oxygens (including phenoxy) is 2. The summed E-state index contributed by atoms with van der Waals surface area (Å²) in [6, 6.07) is 1.88. The van der Waals surface area contributed by atoms with E-state index >= 15 is 0 Å². The van der Waals surface area contributed by atoms with Crippen LogP contribution in [0, 0.1) is 5.92 Å². The maximum atomic E-state index is 13.0. The van der Waals surface area contributed by atoms with Crippen molar-refractivity contribution in [1.82, 2.24) is 19.8 Å². The van der Waals surface area contributed by atoms with Gasteiger partial charge in [-0.15, -0.1) is 0 Å². The molecule has 11 heteroatoms. The first-order valence-electron chi connectivity index (χ1n) is 15.0. The van der Waals surface area contributed by atoms with Crippen molar-refractivity contribution in [3.05, 3.63) is 53.9 Å². The molecule has 1 aromatic rings. The van der Waals surface area contributed by atoms with Gasteiger partial charge in [-0.3, -0.25) is 4.79 Å². The van der Waals surface area contributed by atoms with Crippen LogP contribution in [0.1, 0.15) is 58.6 Å². The van der Waals surface area contributed by atoms with Crippen molar-refractivity contribution in [2.45, 2.75) is 76.8 Å². The molecule has 2 N–H and O–H groups in total. The van der Waals surface area contributed by atoms with E-state index in [1.54, 1.807) is 24.1 Å². The van der Waals surface area contributed by atoms with Crippen LogP contribution in [-0.2, 0) is 14.3 Å². The number of carbonyl (C=O) groups excluding carboxylic acids is 2. The van der Waals surface area contributed by atoms with Crippen LogP contribution in [0.2, 0.25) is 0 Å². The van der Waals surface area contributed by atoms with E-state index in [1.807, 2.05) is 77.2 Å². The summed E-state index contributed by atoms with van der Waals surface area (Å²) in [5, 5.41) is 21.9. The van der Waals surface area contributed by atoms with E-state index in [-0.39, 0.29) is 31.1 Å². The van der Waals surface area contributed by atoms with Gasteiger partial charge in [0.05, 0.1) is 18.2 Å². The second kappa shape index (κ2) is 15.4. The smallest absolute Gasteiger partial charge is 0.410 e. The molecule has 2 aliphatic heterocycles. The van der Waals surface area contributed by atoms with Crippen molar-refractivity contribution in [2.24, 2.45) is 5.92 Å². The molecule has 0 aromatic carbocycles. The van der Waals surface area contributed by atoms with Crippen molar-refractivity contribution < 1.29 is 29.3 Å². The van der Waals surface area contributed by atoms with Gasteiger partial charge in [-0.1, -0.05) is 38.2 Å². The third kappa shape index (κ3) is 10.1. The van der Waals surface area contributed by atoms with E-state index < -0.39 is 36.0 Å². The zero-order valence-electron chi connectivity index (χ0n) is 26.6. The van der Waals surface area contributed by atoms with Gasteiger partial charge in [0.2, 0.25) is 5.95 Å². The lowest BCUT2D eigenvalue weighted by Crippen LogP contribution is -2.50. The highest BCUT2D eigenvalue weighted by Gasteiger charge is 2.36. The normalized spacial score (nSPS) is 29.7. The fraction of sp³-hybridized carbons (Fsp3) is 0.625. The molecule has 0 aliphatic carbocycles. The molecule has 3 heterocycles. The van der Waals surface area contributed by atoms with Gasteiger partial charge in [-0.2, -0.15) is 0 Å². The first-order chi connectivity index (χ1) is 20.3. The summed E-state index contributed by atoms with van der Waals surface area (Å²) in [6.45, 7) is 10.0. The van der Waals surface area contributed by atoms with Crippen LogP contribution in [0.3, 0.4) is 0 Å². The number of anilines is 1. The molecule has 3 rings (SSSR count). The van der Waals surface area contributed by atoms with E-state index in [0.29, 0.717) is 19.0 Å². The van der Waals surface area contributed by atoms with Crippen molar-refractivity contribution in [1.29, 1.82) is 0 Å². The summed E-state index contributed by atoms with van der Waals surface area (Å²) < 4.78 is 11.7. The van der Waals surface area contributed by atoms with Gasteiger partial charge in [-0.05, 0) is 51.5 Å². The number of amides is 1. The number of likely N-dealkylation sites (N-methyl/N-ethyl adjacent to an activating group) is 1. The standard InChI is InChI=1S/C32H49N5O6/c1-22(26-14-16-33-30(34-26)35(5)6)9-8-10-23(2)29-24(3)11-12-27(42-31(40)37-19-17-36(7)18-20-37)32(4,41)15-13-25(38)21-28(39)43-29/h8-12,14,16,22,24-25,27,29,38,41H,13,15,17-21H2,1-7H3/b9-8+,12-11+,23-10+/t22?,24-,25-,27+,29+,32-/m0/s1. The molecule has 0 bridgehead atoms. The molecule has 6 atom stereocenters. The molecule has 1 amide bonds. The summed E-state index contributed by atoms with van der Waals surface area (Å²) in [5.74, 6) is -0.167. The maximum Gasteiger partial charge on any atom is 0.410 e. The number of hydrogen-bond acceptors (Lipinski definition) is 10. The third-order valence-corrected chi connectivity index (χ3v) is 8.05. The minimum Gasteiger partial charge on any atom is -0.457 e. The lowest BCUT2D eigenvalue weighted by atomic mass is 9.88. The highest BCUT2D eigenvalue weighted by atomic mass is 16.6. The Kier molecular flexibility index (Phi) is 12.3. The molecule has 1 fully saturated rings. The number of esters is 1. The molecular formula is C32H49N5O6. The lowest BCUT2D eigenvalue weighted by Gasteiger charge is -2.36. The Bertz CT molecular complexity index is 1170. The van der Waals surface area contributed by atoms with E-state index in [1.165, 1.54) is 0 Å². The first kappa shape index (κ1) is 34.2. The number of aliphatic hydroxyl groups is 2. The van der Waals surface area contributed by atoms with Crippen LogP contribution < -0.4 is 4.90 Å². The number of aliphatic hydroxyl groups excluding tert-OH is 1. The second-order valence-electron chi connectivity index (χ2n) is 12.3. The SMILES string of the molecule is C/C(=C\C=C\C(C)c1ccnc(N(C)C)n1)[C@H]1OC(=O)C[C@@H](O)CC[C@](C)(O)[C@H](OC(=O)N2CCN(C)CC2)/C=C/[C@@H]1C. The molecular weight excluding hydrogens is 550 g/mol. The Balaban J connectivity index is 1.81. The molecule has 1 saturated heterocycles. The Hall–Kier alpha value is -3.28. The van der Waals surface area contributed by atoms with E-state index in [9.17, 15) is 19.8 Å². The summed E-state index contributed by atoms with van der Waals surface area (Å²) in [4.78, 5) is 40.3. The fourth-order valence-corrected chi connectivity index (χ4v) is 5.02. The number of cyclic esters (lactones) is 1. The average Bonchev–Trinajstić information content (AvgIpc) is 2.96. The summed E-state index contributed by atoms with van der Waals surface area (Å²) in [7, 11) is 5.79. The number of rotatable bonds is 6. The summed E-state index contributed by atoms with van der Waals surface area (Å²) in [6.07, 6.45) is 8.08. The van der Waals surface area contributed by atoms with Gasteiger partial charge in [0, 0.05) is 58.3 Å². The van der Waals surface area contributed by atoms with Crippen LogP contribution in [0.25, 0.3) is 0 Å². The average molecular weight is 600 g/mol. The molecule has 238 valence electrons. The Morgan fingerprint density at radius 3 is 2.63 bits per heavy atom. The zero-order chi connectivity index (χ0) is 31.7. The number of allylic oxidation sites excluding steroid dienone is 3. The zero-order valence-corrected chi connectivity index (χ0v) is 26.6. The topological polar surface area (TPSA) is 129 Å². The van der Waals surface area contributed by atoms with E-state index in [0.717, 1.165) is 24.4 Å². The molecule has 11 nitrogen and oxygen atoms in total. The Morgan fingerprint density at radius 2 is 1.95 bits per heavy atom. The van der Waals surface area contributed by atoms with Crippen LogP contribution in [-0.4, -0.2) is 113 Å².